The van der Waals surface area contributed by atoms with E-state index in [0.717, 1.165) is 5.56 Å². The van der Waals surface area contributed by atoms with Crippen molar-refractivity contribution in [3.05, 3.63) is 59.7 Å². The van der Waals surface area contributed by atoms with Crippen LogP contribution in [0.4, 0.5) is 16.2 Å². The van der Waals surface area contributed by atoms with Gasteiger partial charge in [0.25, 0.3) is 0 Å². The fourth-order valence-corrected chi connectivity index (χ4v) is 1.76. The zero-order chi connectivity index (χ0) is 14.4. The average Bonchev–Trinajstić information content (AvgIpc) is 2.45. The molecule has 1 amide bonds. The van der Waals surface area contributed by atoms with Crippen molar-refractivity contribution >= 4 is 17.5 Å². The summed E-state index contributed by atoms with van der Waals surface area (Å²) in [6.07, 6.45) is -0.566. The summed E-state index contributed by atoms with van der Waals surface area (Å²) in [6, 6.07) is 14.3. The van der Waals surface area contributed by atoms with Crippen molar-refractivity contribution < 1.29 is 14.6 Å². The second kappa shape index (κ2) is 6.58. The monoisotopic (exact) mass is 272 g/mol. The zero-order valence-corrected chi connectivity index (χ0v) is 10.9. The number of nitrogens with two attached hydrogens (primary N) is 1. The molecule has 0 bridgehead atoms. The molecular weight excluding hydrogens is 256 g/mol. The van der Waals surface area contributed by atoms with E-state index in [1.165, 1.54) is 0 Å². The minimum absolute atomic E-state index is 0.140. The third-order valence-corrected chi connectivity index (χ3v) is 2.66. The number of nitrogens with one attached hydrogen (secondary N) is 1. The molecule has 5 nitrogen and oxygen atoms in total. The Labute approximate surface area is 117 Å². The van der Waals surface area contributed by atoms with Crippen molar-refractivity contribution in [1.29, 1.82) is 0 Å². The van der Waals surface area contributed by atoms with Crippen LogP contribution >= 0.6 is 0 Å². The van der Waals surface area contributed by atoms with E-state index >= 15 is 0 Å². The van der Waals surface area contributed by atoms with E-state index < -0.39 is 6.09 Å². The van der Waals surface area contributed by atoms with Crippen molar-refractivity contribution in [2.75, 3.05) is 11.1 Å². The van der Waals surface area contributed by atoms with Crippen LogP contribution < -0.4 is 11.1 Å². The molecule has 0 spiro atoms. The molecule has 0 saturated heterocycles. The Bertz CT molecular complexity index is 585. The fraction of sp³-hybridized carbons (Fsp3) is 0.133. The van der Waals surface area contributed by atoms with Gasteiger partial charge in [0.2, 0.25) is 0 Å². The van der Waals surface area contributed by atoms with E-state index in [2.05, 4.69) is 5.32 Å². The fourth-order valence-electron chi connectivity index (χ4n) is 1.76. The van der Waals surface area contributed by atoms with Gasteiger partial charge in [0.05, 0.1) is 6.61 Å². The topological polar surface area (TPSA) is 84.6 Å². The van der Waals surface area contributed by atoms with Gasteiger partial charge in [0.15, 0.2) is 0 Å². The first-order chi connectivity index (χ1) is 9.67. The number of amides is 1. The lowest BCUT2D eigenvalue weighted by atomic mass is 10.2. The van der Waals surface area contributed by atoms with E-state index in [1.807, 2.05) is 30.3 Å². The molecule has 5 heteroatoms. The molecule has 0 radical (unpaired) electrons. The summed E-state index contributed by atoms with van der Waals surface area (Å²) in [6.45, 7) is 0.0562. The SMILES string of the molecule is Nc1cc(CO)cc(NC(=O)OCc2ccccc2)c1. The van der Waals surface area contributed by atoms with Gasteiger partial charge in [-0.3, -0.25) is 5.32 Å². The van der Waals surface area contributed by atoms with Gasteiger partial charge in [-0.05, 0) is 29.3 Å². The first kappa shape index (κ1) is 13.9. The van der Waals surface area contributed by atoms with Crippen LogP contribution in [0, 0.1) is 0 Å². The Morgan fingerprint density at radius 1 is 1.15 bits per heavy atom. The average molecular weight is 272 g/mol. The number of nitrogen functional groups attached to an aromatic ring is 1. The van der Waals surface area contributed by atoms with Crippen LogP contribution in [0.5, 0.6) is 0 Å². The van der Waals surface area contributed by atoms with Gasteiger partial charge >= 0.3 is 6.09 Å². The predicted octanol–water partition coefficient (Wildman–Crippen LogP) is 2.51. The number of benzene rings is 2. The molecular formula is C15H16N2O3. The molecule has 0 aliphatic rings. The van der Waals surface area contributed by atoms with Crippen LogP contribution in [0.1, 0.15) is 11.1 Å². The number of hydrogen-bond donors (Lipinski definition) is 3. The maximum atomic E-state index is 11.7. The highest BCUT2D eigenvalue weighted by atomic mass is 16.5. The normalized spacial score (nSPS) is 10.1. The van der Waals surface area contributed by atoms with Crippen molar-refractivity contribution in [3.8, 4) is 0 Å². The second-order valence-electron chi connectivity index (χ2n) is 4.31. The summed E-state index contributed by atoms with van der Waals surface area (Å²) in [7, 11) is 0. The Balaban J connectivity index is 1.93. The van der Waals surface area contributed by atoms with Crippen molar-refractivity contribution in [2.45, 2.75) is 13.2 Å². The number of carbonyl (C=O) groups excluding carboxylic acids is 1. The van der Waals surface area contributed by atoms with Gasteiger partial charge in [-0.2, -0.15) is 0 Å². The van der Waals surface area contributed by atoms with E-state index in [1.54, 1.807) is 18.2 Å². The first-order valence-corrected chi connectivity index (χ1v) is 6.15. The number of aliphatic hydroxyl groups excluding tert-OH is 1. The summed E-state index contributed by atoms with van der Waals surface area (Å²) in [5, 5.41) is 11.6. The molecule has 0 aliphatic carbocycles. The maximum absolute atomic E-state index is 11.7. The lowest BCUT2D eigenvalue weighted by Crippen LogP contribution is -2.14. The molecule has 0 atom stereocenters. The molecule has 0 aliphatic heterocycles. The van der Waals surface area contributed by atoms with E-state index in [4.69, 9.17) is 15.6 Å². The molecule has 4 N–H and O–H groups in total. The lowest BCUT2D eigenvalue weighted by Gasteiger charge is -2.09. The third-order valence-electron chi connectivity index (χ3n) is 2.66. The standard InChI is InChI=1S/C15H16N2O3/c16-13-6-12(9-18)7-14(8-13)17-15(19)20-10-11-4-2-1-3-5-11/h1-8,18H,9-10,16H2,(H,17,19). The molecule has 2 aromatic rings. The number of hydrogen-bond acceptors (Lipinski definition) is 4. The van der Waals surface area contributed by atoms with Crippen LogP contribution in [-0.4, -0.2) is 11.2 Å². The van der Waals surface area contributed by atoms with Crippen LogP contribution in [-0.2, 0) is 18.0 Å². The smallest absolute Gasteiger partial charge is 0.411 e. The van der Waals surface area contributed by atoms with Gasteiger partial charge in [-0.15, -0.1) is 0 Å². The van der Waals surface area contributed by atoms with Crippen LogP contribution in [0.25, 0.3) is 0 Å². The highest BCUT2D eigenvalue weighted by molar-refractivity contribution is 5.85. The highest BCUT2D eigenvalue weighted by Crippen LogP contribution is 2.17. The molecule has 104 valence electrons. The minimum Gasteiger partial charge on any atom is -0.444 e. The number of carbonyl (C=O) groups is 1. The van der Waals surface area contributed by atoms with Gasteiger partial charge in [-0.1, -0.05) is 30.3 Å². The van der Waals surface area contributed by atoms with Crippen LogP contribution in [0.3, 0.4) is 0 Å². The van der Waals surface area contributed by atoms with Crippen LogP contribution in [0.15, 0.2) is 48.5 Å². The predicted molar refractivity (Wildman–Crippen MR) is 77.0 cm³/mol. The summed E-state index contributed by atoms with van der Waals surface area (Å²) < 4.78 is 5.09. The summed E-state index contributed by atoms with van der Waals surface area (Å²) in [5.74, 6) is 0. The first-order valence-electron chi connectivity index (χ1n) is 6.15. The Hall–Kier alpha value is -2.53. The summed E-state index contributed by atoms with van der Waals surface area (Å²) in [5.41, 5.74) is 8.17. The minimum atomic E-state index is -0.566. The molecule has 0 fully saturated rings. The quantitative estimate of drug-likeness (QED) is 0.747. The summed E-state index contributed by atoms with van der Waals surface area (Å²) >= 11 is 0. The van der Waals surface area contributed by atoms with Gasteiger partial charge < -0.3 is 15.6 Å². The molecule has 0 unspecified atom stereocenters. The summed E-state index contributed by atoms with van der Waals surface area (Å²) in [4.78, 5) is 11.7. The number of aliphatic hydroxyl groups is 1. The zero-order valence-electron chi connectivity index (χ0n) is 10.9. The second-order valence-corrected chi connectivity index (χ2v) is 4.31. The van der Waals surface area contributed by atoms with Gasteiger partial charge in [-0.25, -0.2) is 4.79 Å². The molecule has 0 saturated carbocycles. The van der Waals surface area contributed by atoms with Crippen molar-refractivity contribution in [2.24, 2.45) is 0 Å². The Morgan fingerprint density at radius 2 is 1.90 bits per heavy atom. The number of ether oxygens (including phenoxy) is 1. The maximum Gasteiger partial charge on any atom is 0.411 e. The van der Waals surface area contributed by atoms with E-state index in [0.29, 0.717) is 16.9 Å². The molecule has 2 aromatic carbocycles. The largest absolute Gasteiger partial charge is 0.444 e. The Morgan fingerprint density at radius 3 is 2.60 bits per heavy atom. The van der Waals surface area contributed by atoms with Gasteiger partial charge in [0, 0.05) is 11.4 Å². The molecule has 0 aromatic heterocycles. The van der Waals surface area contributed by atoms with Crippen LogP contribution in [0.2, 0.25) is 0 Å². The van der Waals surface area contributed by atoms with E-state index in [-0.39, 0.29) is 13.2 Å². The Kier molecular flexibility index (Phi) is 4.57. The molecule has 0 heterocycles. The number of rotatable bonds is 4. The van der Waals surface area contributed by atoms with E-state index in [9.17, 15) is 4.79 Å². The highest BCUT2D eigenvalue weighted by Gasteiger charge is 2.05. The van der Waals surface area contributed by atoms with Crippen molar-refractivity contribution in [1.82, 2.24) is 0 Å². The molecule has 20 heavy (non-hydrogen) atoms. The van der Waals surface area contributed by atoms with Gasteiger partial charge in [0.1, 0.15) is 6.61 Å². The molecule has 2 rings (SSSR count). The number of anilines is 2. The lowest BCUT2D eigenvalue weighted by molar-refractivity contribution is 0.155. The van der Waals surface area contributed by atoms with Crippen molar-refractivity contribution in [3.63, 3.8) is 0 Å². The third kappa shape index (κ3) is 4.00.